The number of para-hydroxylation sites is 1. The predicted octanol–water partition coefficient (Wildman–Crippen LogP) is 5.76. The predicted molar refractivity (Wildman–Crippen MR) is 136 cm³/mol. The summed E-state index contributed by atoms with van der Waals surface area (Å²) in [4.78, 5) is 26.2. The van der Waals surface area contributed by atoms with Gasteiger partial charge in [0.1, 0.15) is 6.61 Å². The molecule has 0 radical (unpaired) electrons. The quantitative estimate of drug-likeness (QED) is 0.297. The third-order valence-electron chi connectivity index (χ3n) is 5.79. The van der Waals surface area contributed by atoms with E-state index in [1.165, 1.54) is 0 Å². The van der Waals surface area contributed by atoms with Gasteiger partial charge >= 0.3 is 6.09 Å². The van der Waals surface area contributed by atoms with E-state index in [1.54, 1.807) is 29.2 Å². The van der Waals surface area contributed by atoms with Crippen molar-refractivity contribution in [2.45, 2.75) is 25.7 Å². The van der Waals surface area contributed by atoms with E-state index < -0.39 is 6.09 Å². The van der Waals surface area contributed by atoms with Crippen LogP contribution in [0, 0.1) is 11.8 Å². The van der Waals surface area contributed by atoms with Gasteiger partial charge in [0, 0.05) is 17.3 Å². The lowest BCUT2D eigenvalue weighted by molar-refractivity contribution is -0.126. The summed E-state index contributed by atoms with van der Waals surface area (Å²) in [5.41, 5.74) is 1.43. The number of benzene rings is 2. The van der Waals surface area contributed by atoms with E-state index in [1.807, 2.05) is 30.3 Å². The average molecular weight is 507 g/mol. The van der Waals surface area contributed by atoms with E-state index in [9.17, 15) is 9.59 Å². The fraction of sp³-hybridized carbons (Fsp3) is 0.440. The zero-order chi connectivity index (χ0) is 24.2. The summed E-state index contributed by atoms with van der Waals surface area (Å²) in [5, 5.41) is 3.29. The minimum atomic E-state index is -0.412. The van der Waals surface area contributed by atoms with Gasteiger partial charge in [-0.3, -0.25) is 4.79 Å². The van der Waals surface area contributed by atoms with Crippen LogP contribution in [0.3, 0.4) is 0 Å². The Morgan fingerprint density at radius 2 is 1.59 bits per heavy atom. The van der Waals surface area contributed by atoms with Crippen molar-refractivity contribution in [3.05, 3.63) is 59.6 Å². The Morgan fingerprint density at radius 3 is 2.24 bits per heavy atom. The number of hydrogen-bond acceptors (Lipinski definition) is 6. The lowest BCUT2D eigenvalue weighted by atomic mass is 9.83. The van der Waals surface area contributed by atoms with Gasteiger partial charge < -0.3 is 19.3 Å². The topological polar surface area (TPSA) is 88.1 Å². The molecule has 0 spiro atoms. The van der Waals surface area contributed by atoms with Crippen LogP contribution in [0.5, 0.6) is 0 Å². The highest BCUT2D eigenvalue weighted by Crippen LogP contribution is 2.31. The molecule has 0 heterocycles. The summed E-state index contributed by atoms with van der Waals surface area (Å²) in [6, 6.07) is 16.5. The van der Waals surface area contributed by atoms with Crippen molar-refractivity contribution >= 4 is 47.0 Å². The Labute approximate surface area is 210 Å². The highest BCUT2D eigenvalue weighted by Gasteiger charge is 2.25. The number of carbonyl (C=O) groups is 2. The molecule has 3 rings (SSSR count). The van der Waals surface area contributed by atoms with Gasteiger partial charge in [-0.25, -0.2) is 9.69 Å². The van der Waals surface area contributed by atoms with Crippen molar-refractivity contribution in [1.29, 1.82) is 0 Å². The Hall–Kier alpha value is -2.26. The first-order valence-corrected chi connectivity index (χ1v) is 12.8. The van der Waals surface area contributed by atoms with Crippen LogP contribution < -0.4 is 10.2 Å². The number of rotatable bonds is 11. The van der Waals surface area contributed by atoms with Crippen molar-refractivity contribution in [1.82, 2.24) is 5.32 Å². The summed E-state index contributed by atoms with van der Waals surface area (Å²) >= 11 is 6.72. The van der Waals surface area contributed by atoms with E-state index in [0.717, 1.165) is 31.4 Å². The smallest absolute Gasteiger partial charge is 0.418 e. The second-order valence-electron chi connectivity index (χ2n) is 8.31. The highest BCUT2D eigenvalue weighted by atomic mass is 35.5. The van der Waals surface area contributed by atoms with E-state index in [0.29, 0.717) is 60.1 Å². The summed E-state index contributed by atoms with van der Waals surface area (Å²) in [5.74, 6) is 1.01. The second-order valence-corrected chi connectivity index (χ2v) is 9.41. The van der Waals surface area contributed by atoms with Crippen molar-refractivity contribution in [3.8, 4) is 0 Å². The largest absolute Gasteiger partial charge is 0.449 e. The number of anilines is 2. The zero-order valence-corrected chi connectivity index (χ0v) is 20.6. The van der Waals surface area contributed by atoms with Crippen LogP contribution in [0.25, 0.3) is 0 Å². The number of carbonyl (C=O) groups excluding carboxylic acids is 2. The molecule has 2 N–H and O–H groups in total. The number of amides is 2. The molecule has 0 aromatic heterocycles. The molecule has 1 saturated carbocycles. The van der Waals surface area contributed by atoms with Crippen LogP contribution in [0.1, 0.15) is 25.7 Å². The van der Waals surface area contributed by atoms with Gasteiger partial charge in [0.25, 0.3) is 0 Å². The summed E-state index contributed by atoms with van der Waals surface area (Å²) in [7, 11) is 0. The molecule has 2 aromatic rings. The second kappa shape index (κ2) is 14.2. The van der Waals surface area contributed by atoms with Crippen molar-refractivity contribution in [2.75, 3.05) is 37.0 Å². The summed E-state index contributed by atoms with van der Waals surface area (Å²) < 4.78 is 19.9. The molecule has 2 amide bonds. The van der Waals surface area contributed by atoms with E-state index in [2.05, 4.69) is 5.32 Å². The fourth-order valence-corrected chi connectivity index (χ4v) is 4.27. The van der Waals surface area contributed by atoms with Crippen LogP contribution >= 0.6 is 23.6 Å². The molecule has 184 valence electrons. The van der Waals surface area contributed by atoms with E-state index >= 15 is 0 Å². The molecule has 1 fully saturated rings. The number of ether oxygens (including phenoxy) is 2. The molecule has 0 atom stereocenters. The van der Waals surface area contributed by atoms with Gasteiger partial charge in [-0.1, -0.05) is 29.8 Å². The Balaban J connectivity index is 1.43. The molecule has 0 unspecified atom stereocenters. The first-order valence-electron chi connectivity index (χ1n) is 11.4. The highest BCUT2D eigenvalue weighted by molar-refractivity contribution is 7.93. The molecule has 0 aliphatic heterocycles. The van der Waals surface area contributed by atoms with Gasteiger partial charge in [0.15, 0.2) is 0 Å². The van der Waals surface area contributed by atoms with Gasteiger partial charge in [-0.2, -0.15) is 0 Å². The van der Waals surface area contributed by atoms with Gasteiger partial charge in [-0.05, 0) is 86.0 Å². The molecular weight excluding hydrogens is 476 g/mol. The number of hydrogen-bond donors (Lipinski definition) is 2. The summed E-state index contributed by atoms with van der Waals surface area (Å²) in [6.07, 6.45) is 3.44. The van der Waals surface area contributed by atoms with Gasteiger partial charge in [0.2, 0.25) is 5.91 Å². The normalized spacial score (nSPS) is 17.7. The van der Waals surface area contributed by atoms with E-state index in [-0.39, 0.29) is 12.5 Å². The van der Waals surface area contributed by atoms with Crippen LogP contribution in [0.2, 0.25) is 5.02 Å². The van der Waals surface area contributed by atoms with Crippen molar-refractivity contribution in [3.63, 3.8) is 0 Å². The maximum absolute atomic E-state index is 13.0. The molecule has 34 heavy (non-hydrogen) atoms. The van der Waals surface area contributed by atoms with E-state index in [4.69, 9.17) is 25.6 Å². The molecule has 0 bridgehead atoms. The van der Waals surface area contributed by atoms with Gasteiger partial charge in [0.05, 0.1) is 24.6 Å². The molecule has 9 heteroatoms. The summed E-state index contributed by atoms with van der Waals surface area (Å²) in [6.45, 7) is 1.38. The minimum Gasteiger partial charge on any atom is -0.449 e. The lowest BCUT2D eigenvalue weighted by Gasteiger charge is -2.29. The number of nitrogens with one attached hydrogen (secondary N) is 1. The van der Waals surface area contributed by atoms with Crippen LogP contribution in [0.4, 0.5) is 16.2 Å². The molecular formula is C25H31ClN2O5S. The third-order valence-corrected chi connectivity index (χ3v) is 6.43. The first-order chi connectivity index (χ1) is 16.6. The molecule has 1 aliphatic rings. The zero-order valence-electron chi connectivity index (χ0n) is 19.0. The molecule has 0 saturated heterocycles. The maximum Gasteiger partial charge on any atom is 0.418 e. The fourth-order valence-electron chi connectivity index (χ4n) is 3.95. The standard InChI is InChI=1S/C25H31ClN2O5S/c26-21-10-12-23(13-11-21)28(22-4-2-1-3-5-22)25(30)33-17-20-8-6-19(7-9-20)16-32-18-24(29)27-14-15-34-31/h1-5,10-13,19-20,31H,6-9,14-18H2,(H,27,29). The molecule has 7 nitrogen and oxygen atoms in total. The van der Waals surface area contributed by atoms with Crippen LogP contribution in [0.15, 0.2) is 54.6 Å². The Bertz CT molecular complexity index is 892. The Morgan fingerprint density at radius 1 is 0.971 bits per heavy atom. The number of nitrogens with zero attached hydrogens (tertiary/aromatic N) is 1. The molecule has 2 aromatic carbocycles. The first kappa shape index (κ1) is 26.3. The maximum atomic E-state index is 13.0. The van der Waals surface area contributed by atoms with Crippen LogP contribution in [-0.2, 0) is 14.3 Å². The molecule has 1 aliphatic carbocycles. The van der Waals surface area contributed by atoms with Crippen molar-refractivity contribution in [2.24, 2.45) is 11.8 Å². The number of halogens is 1. The van der Waals surface area contributed by atoms with Gasteiger partial charge in [-0.15, -0.1) is 0 Å². The SMILES string of the molecule is O=C(COCC1CCC(COC(=O)N(c2ccccc2)c2ccc(Cl)cc2)CC1)NCCSO. The van der Waals surface area contributed by atoms with Crippen LogP contribution in [-0.4, -0.2) is 48.7 Å². The minimum absolute atomic E-state index is 0.0354. The van der Waals surface area contributed by atoms with Crippen molar-refractivity contribution < 1.29 is 23.6 Å². The lowest BCUT2D eigenvalue weighted by Crippen LogP contribution is -2.31. The third kappa shape index (κ3) is 8.51. The monoisotopic (exact) mass is 506 g/mol. The Kier molecular flexibility index (Phi) is 11.0. The average Bonchev–Trinajstić information content (AvgIpc) is 2.86.